The highest BCUT2D eigenvalue weighted by Gasteiger charge is 2.46. The second-order valence-corrected chi connectivity index (χ2v) is 9.33. The maximum Gasteiger partial charge on any atom is 0.155 e. The summed E-state index contributed by atoms with van der Waals surface area (Å²) in [6, 6.07) is 8.44. The molecule has 4 aromatic heterocycles. The zero-order valence-corrected chi connectivity index (χ0v) is 17.8. The van der Waals surface area contributed by atoms with E-state index >= 15 is 0 Å². The van der Waals surface area contributed by atoms with Crippen molar-refractivity contribution in [2.75, 3.05) is 18.0 Å². The van der Waals surface area contributed by atoms with Gasteiger partial charge in [0.2, 0.25) is 0 Å². The topological polar surface area (TPSA) is 72.3 Å². The van der Waals surface area contributed by atoms with Gasteiger partial charge in [-0.3, -0.25) is 4.98 Å². The van der Waals surface area contributed by atoms with Gasteiger partial charge in [0, 0.05) is 42.0 Å². The molecule has 0 unspecified atom stereocenters. The Hall–Kier alpha value is -2.77. The second kappa shape index (κ2) is 6.62. The summed E-state index contributed by atoms with van der Waals surface area (Å²) in [6.07, 6.45) is 6.85. The molecule has 2 N–H and O–H groups in total. The first-order chi connectivity index (χ1) is 14.7. The lowest BCUT2D eigenvalue weighted by molar-refractivity contribution is 0.187. The third-order valence-electron chi connectivity index (χ3n) is 6.99. The van der Waals surface area contributed by atoms with Crippen LogP contribution in [0.15, 0.2) is 47.4 Å². The molecule has 0 amide bonds. The van der Waals surface area contributed by atoms with Crippen molar-refractivity contribution in [2.24, 2.45) is 11.1 Å². The molecule has 1 atom stereocenters. The van der Waals surface area contributed by atoms with Crippen LogP contribution in [0.5, 0.6) is 0 Å². The first-order valence-electron chi connectivity index (χ1n) is 10.5. The quantitative estimate of drug-likeness (QED) is 0.535. The molecule has 6 rings (SSSR count). The van der Waals surface area contributed by atoms with Crippen molar-refractivity contribution in [3.8, 4) is 11.3 Å². The molecule has 7 heteroatoms. The number of hydrogen-bond donors (Lipinski definition) is 1. The summed E-state index contributed by atoms with van der Waals surface area (Å²) in [5.74, 6) is 1.03. The summed E-state index contributed by atoms with van der Waals surface area (Å²) >= 11 is 1.70. The van der Waals surface area contributed by atoms with Crippen LogP contribution >= 0.6 is 11.3 Å². The normalized spacial score (nSPS) is 20.2. The summed E-state index contributed by atoms with van der Waals surface area (Å²) in [5.41, 5.74) is 13.6. The van der Waals surface area contributed by atoms with Gasteiger partial charge >= 0.3 is 0 Å². The summed E-state index contributed by atoms with van der Waals surface area (Å²) in [5, 5.41) is 8.88. The zero-order valence-electron chi connectivity index (χ0n) is 17.0. The largest absolute Gasteiger partial charge is 0.355 e. The van der Waals surface area contributed by atoms with Gasteiger partial charge in [0.25, 0.3) is 0 Å². The van der Waals surface area contributed by atoms with Crippen molar-refractivity contribution in [2.45, 2.75) is 32.2 Å². The van der Waals surface area contributed by atoms with E-state index in [1.54, 1.807) is 11.3 Å². The maximum atomic E-state index is 6.73. The number of anilines is 1. The van der Waals surface area contributed by atoms with Crippen LogP contribution in [-0.4, -0.2) is 32.7 Å². The van der Waals surface area contributed by atoms with Gasteiger partial charge in [-0.25, -0.2) is 9.50 Å². The second-order valence-electron chi connectivity index (χ2n) is 8.55. The van der Waals surface area contributed by atoms with Crippen LogP contribution in [0, 0.1) is 12.3 Å². The highest BCUT2D eigenvalue weighted by atomic mass is 32.1. The molecular formula is C23H24N6S. The van der Waals surface area contributed by atoms with Crippen LogP contribution in [0.1, 0.15) is 35.8 Å². The Morgan fingerprint density at radius 1 is 1.17 bits per heavy atom. The van der Waals surface area contributed by atoms with E-state index in [9.17, 15) is 0 Å². The molecule has 2 aliphatic rings. The van der Waals surface area contributed by atoms with Gasteiger partial charge in [0.15, 0.2) is 5.82 Å². The fraction of sp³-hybridized carbons (Fsp3) is 0.348. The molecule has 1 fully saturated rings. The van der Waals surface area contributed by atoms with Gasteiger partial charge in [0.1, 0.15) is 5.52 Å². The van der Waals surface area contributed by atoms with E-state index in [4.69, 9.17) is 10.7 Å². The third-order valence-corrected chi connectivity index (χ3v) is 7.68. The van der Waals surface area contributed by atoms with Crippen LogP contribution in [0.3, 0.4) is 0 Å². The first-order valence-corrected chi connectivity index (χ1v) is 11.4. The molecular weight excluding hydrogens is 392 g/mol. The lowest BCUT2D eigenvalue weighted by atomic mass is 9.73. The lowest BCUT2D eigenvalue weighted by Crippen LogP contribution is -2.44. The van der Waals surface area contributed by atoms with E-state index in [0.717, 1.165) is 55.1 Å². The van der Waals surface area contributed by atoms with Crippen molar-refractivity contribution >= 4 is 22.7 Å². The number of aromatic nitrogens is 4. The molecule has 1 aliphatic heterocycles. The van der Waals surface area contributed by atoms with Crippen molar-refractivity contribution in [1.82, 2.24) is 19.6 Å². The molecule has 0 aromatic carbocycles. The fourth-order valence-corrected chi connectivity index (χ4v) is 5.98. The lowest BCUT2D eigenvalue weighted by Gasteiger charge is -2.42. The maximum absolute atomic E-state index is 6.73. The number of piperidine rings is 1. The highest BCUT2D eigenvalue weighted by molar-refractivity contribution is 7.08. The zero-order chi connectivity index (χ0) is 20.3. The van der Waals surface area contributed by atoms with Gasteiger partial charge in [-0.05, 0) is 60.7 Å². The Labute approximate surface area is 179 Å². The molecule has 0 bridgehead atoms. The molecule has 6 nitrogen and oxygen atoms in total. The highest BCUT2D eigenvalue weighted by Crippen LogP contribution is 2.50. The van der Waals surface area contributed by atoms with Crippen molar-refractivity contribution in [3.63, 3.8) is 0 Å². The van der Waals surface area contributed by atoms with Crippen molar-refractivity contribution in [3.05, 3.63) is 64.4 Å². The van der Waals surface area contributed by atoms with E-state index in [2.05, 4.69) is 50.9 Å². The minimum atomic E-state index is 0.0778. The number of pyridine rings is 1. The Bertz CT molecular complexity index is 1220. The predicted molar refractivity (Wildman–Crippen MR) is 120 cm³/mol. The van der Waals surface area contributed by atoms with E-state index in [1.807, 2.05) is 23.0 Å². The number of thiophene rings is 1. The summed E-state index contributed by atoms with van der Waals surface area (Å²) in [7, 11) is 0. The fourth-order valence-electron chi connectivity index (χ4n) is 5.34. The Morgan fingerprint density at radius 2 is 2.03 bits per heavy atom. The predicted octanol–water partition coefficient (Wildman–Crippen LogP) is 4.00. The smallest absolute Gasteiger partial charge is 0.155 e. The average molecular weight is 417 g/mol. The standard InChI is InChI=1S/C23H24N6S/c1-15-20(16-5-12-30-14-16)29-19(4-9-26-29)22(27-15)28-10-6-23(7-11-28)13-18-17(21(23)24)3-2-8-25-18/h2-5,8-9,12,14,21H,6-7,10-11,13,24H2,1H3/t21-/m1/s1. The summed E-state index contributed by atoms with van der Waals surface area (Å²) < 4.78 is 2.05. The van der Waals surface area contributed by atoms with E-state index in [-0.39, 0.29) is 11.5 Å². The number of fused-ring (bicyclic) bond motifs is 2. The van der Waals surface area contributed by atoms with Crippen LogP contribution in [0.25, 0.3) is 16.8 Å². The van der Waals surface area contributed by atoms with Crippen LogP contribution < -0.4 is 10.6 Å². The number of rotatable bonds is 2. The van der Waals surface area contributed by atoms with Gasteiger partial charge in [-0.1, -0.05) is 6.07 Å². The molecule has 0 radical (unpaired) electrons. The molecule has 1 saturated heterocycles. The van der Waals surface area contributed by atoms with Crippen LogP contribution in [-0.2, 0) is 6.42 Å². The minimum absolute atomic E-state index is 0.0778. The number of nitrogens with zero attached hydrogens (tertiary/aromatic N) is 5. The number of aryl methyl sites for hydroxylation is 1. The van der Waals surface area contributed by atoms with Gasteiger partial charge < -0.3 is 10.6 Å². The SMILES string of the molecule is Cc1nc(N2CCC3(CC2)Cc2ncccc2[C@H]3N)c2ccnn2c1-c1ccsc1. The number of nitrogens with two attached hydrogens (primary N) is 1. The summed E-state index contributed by atoms with van der Waals surface area (Å²) in [4.78, 5) is 12.1. The minimum Gasteiger partial charge on any atom is -0.355 e. The van der Waals surface area contributed by atoms with Crippen LogP contribution in [0.2, 0.25) is 0 Å². The molecule has 4 aromatic rings. The summed E-state index contributed by atoms with van der Waals surface area (Å²) in [6.45, 7) is 3.98. The van der Waals surface area contributed by atoms with Gasteiger partial charge in [-0.2, -0.15) is 16.4 Å². The van der Waals surface area contributed by atoms with E-state index in [0.29, 0.717) is 0 Å². The van der Waals surface area contributed by atoms with E-state index in [1.165, 1.54) is 16.8 Å². The Kier molecular flexibility index (Phi) is 3.98. The molecule has 1 spiro atoms. The Balaban J connectivity index is 1.32. The molecule has 0 saturated carbocycles. The molecule has 1 aliphatic carbocycles. The van der Waals surface area contributed by atoms with E-state index < -0.39 is 0 Å². The molecule has 30 heavy (non-hydrogen) atoms. The van der Waals surface area contributed by atoms with Gasteiger partial charge in [0.05, 0.1) is 17.6 Å². The first kappa shape index (κ1) is 18.0. The third kappa shape index (κ3) is 2.55. The monoisotopic (exact) mass is 416 g/mol. The van der Waals surface area contributed by atoms with Crippen molar-refractivity contribution < 1.29 is 0 Å². The molecule has 5 heterocycles. The van der Waals surface area contributed by atoms with Crippen LogP contribution in [0.4, 0.5) is 5.82 Å². The Morgan fingerprint density at radius 3 is 2.80 bits per heavy atom. The average Bonchev–Trinajstić information content (AvgIpc) is 3.50. The van der Waals surface area contributed by atoms with Crippen molar-refractivity contribution in [1.29, 1.82) is 0 Å². The van der Waals surface area contributed by atoms with Gasteiger partial charge in [-0.15, -0.1) is 0 Å². The number of hydrogen-bond acceptors (Lipinski definition) is 6. The molecule has 152 valence electrons.